The van der Waals surface area contributed by atoms with Crippen LogP contribution in [-0.4, -0.2) is 34.9 Å². The highest BCUT2D eigenvalue weighted by molar-refractivity contribution is 6.36. The molecular weight excluding hydrogens is 495 g/mol. The minimum Gasteiger partial charge on any atom is -0.484 e. The number of benzene rings is 3. The van der Waals surface area contributed by atoms with E-state index in [2.05, 4.69) is 5.32 Å². The minimum absolute atomic E-state index is 0.0591. The number of halogens is 2. The molecule has 36 heavy (non-hydrogen) atoms. The fraction of sp³-hybridized carbons (Fsp3) is 0.310. The van der Waals surface area contributed by atoms with Crippen LogP contribution in [-0.2, 0) is 22.6 Å². The summed E-state index contributed by atoms with van der Waals surface area (Å²) in [5.41, 5.74) is 1.93. The van der Waals surface area contributed by atoms with Crippen LogP contribution < -0.4 is 10.1 Å². The fourth-order valence-electron chi connectivity index (χ4n) is 3.80. The van der Waals surface area contributed by atoms with E-state index in [0.717, 1.165) is 11.1 Å². The molecule has 5 nitrogen and oxygen atoms in total. The predicted molar refractivity (Wildman–Crippen MR) is 146 cm³/mol. The van der Waals surface area contributed by atoms with Gasteiger partial charge in [0.05, 0.1) is 0 Å². The van der Waals surface area contributed by atoms with Crippen molar-refractivity contribution in [3.8, 4) is 5.75 Å². The first-order chi connectivity index (χ1) is 17.0. The molecule has 0 aliphatic heterocycles. The first kappa shape index (κ1) is 27.6. The Bertz CT molecular complexity index is 1170. The zero-order valence-corrected chi connectivity index (χ0v) is 22.6. The minimum atomic E-state index is -0.813. The standard InChI is InChI=1S/C29H32Cl2N2O3/c1-20-11-8-9-16-26(20)36-19-27(34)33(18-22-23(30)14-10-15-24(22)31)25(28(35)32-29(2,3)4)17-21-12-6-5-7-13-21/h5-16,25H,17-19H2,1-4H3,(H,32,35)/t25-/m1/s1. The Labute approximate surface area is 223 Å². The molecule has 1 atom stereocenters. The van der Waals surface area contributed by atoms with E-state index in [1.165, 1.54) is 4.90 Å². The highest BCUT2D eigenvalue weighted by atomic mass is 35.5. The second-order valence-electron chi connectivity index (χ2n) is 9.72. The smallest absolute Gasteiger partial charge is 0.261 e. The lowest BCUT2D eigenvalue weighted by atomic mass is 10.0. The molecule has 7 heteroatoms. The molecule has 0 aromatic heterocycles. The average Bonchev–Trinajstić information content (AvgIpc) is 2.82. The number of carbonyl (C=O) groups excluding carboxylic acids is 2. The van der Waals surface area contributed by atoms with Crippen LogP contribution in [0, 0.1) is 6.92 Å². The van der Waals surface area contributed by atoms with Crippen LogP contribution in [0.2, 0.25) is 10.0 Å². The van der Waals surface area contributed by atoms with Gasteiger partial charge in [0.2, 0.25) is 5.91 Å². The lowest BCUT2D eigenvalue weighted by Gasteiger charge is -2.34. The van der Waals surface area contributed by atoms with Gasteiger partial charge in [-0.1, -0.05) is 77.8 Å². The van der Waals surface area contributed by atoms with E-state index in [4.69, 9.17) is 27.9 Å². The molecule has 0 unspecified atom stereocenters. The van der Waals surface area contributed by atoms with Crippen molar-refractivity contribution in [3.05, 3.63) is 99.5 Å². The highest BCUT2D eigenvalue weighted by Crippen LogP contribution is 2.27. The molecule has 3 rings (SSSR count). The van der Waals surface area contributed by atoms with Crippen molar-refractivity contribution in [3.63, 3.8) is 0 Å². The van der Waals surface area contributed by atoms with Gasteiger partial charge in [-0.2, -0.15) is 0 Å². The molecule has 3 aromatic rings. The van der Waals surface area contributed by atoms with Crippen LogP contribution in [0.15, 0.2) is 72.8 Å². The van der Waals surface area contributed by atoms with E-state index in [0.29, 0.717) is 27.8 Å². The quantitative estimate of drug-likeness (QED) is 0.359. The Morgan fingerprint density at radius 3 is 2.14 bits per heavy atom. The summed E-state index contributed by atoms with van der Waals surface area (Å²) in [5.74, 6) is -0.00155. The van der Waals surface area contributed by atoms with Gasteiger partial charge in [-0.15, -0.1) is 0 Å². The zero-order valence-electron chi connectivity index (χ0n) is 21.1. The van der Waals surface area contributed by atoms with Gasteiger partial charge in [-0.25, -0.2) is 0 Å². The third kappa shape index (κ3) is 7.74. The third-order valence-corrected chi connectivity index (χ3v) is 6.31. The number of nitrogens with one attached hydrogen (secondary N) is 1. The summed E-state index contributed by atoms with van der Waals surface area (Å²) >= 11 is 12.9. The number of hydrogen-bond donors (Lipinski definition) is 1. The third-order valence-electron chi connectivity index (χ3n) is 5.60. The van der Waals surface area contributed by atoms with E-state index in [1.807, 2.05) is 82.3 Å². The normalized spacial score (nSPS) is 12.1. The maximum Gasteiger partial charge on any atom is 0.261 e. The van der Waals surface area contributed by atoms with Gasteiger partial charge in [0, 0.05) is 34.1 Å². The van der Waals surface area contributed by atoms with E-state index in [1.54, 1.807) is 18.2 Å². The van der Waals surface area contributed by atoms with Crippen LogP contribution in [0.1, 0.15) is 37.5 Å². The van der Waals surface area contributed by atoms with Crippen LogP contribution in [0.4, 0.5) is 0 Å². The van der Waals surface area contributed by atoms with Crippen LogP contribution in [0.5, 0.6) is 5.75 Å². The Hall–Kier alpha value is -3.02. The Morgan fingerprint density at radius 2 is 1.53 bits per heavy atom. The molecule has 0 saturated heterocycles. The summed E-state index contributed by atoms with van der Waals surface area (Å²) in [6, 6.07) is 21.5. The van der Waals surface area contributed by atoms with Gasteiger partial charge < -0.3 is 15.0 Å². The molecule has 0 aliphatic carbocycles. The second-order valence-corrected chi connectivity index (χ2v) is 10.5. The van der Waals surface area contributed by atoms with Crippen molar-refractivity contribution < 1.29 is 14.3 Å². The number of rotatable bonds is 9. The molecule has 1 N–H and O–H groups in total. The summed E-state index contributed by atoms with van der Waals surface area (Å²) in [6.45, 7) is 7.45. The molecule has 190 valence electrons. The van der Waals surface area contributed by atoms with Crippen LogP contribution in [0.25, 0.3) is 0 Å². The van der Waals surface area contributed by atoms with E-state index in [-0.39, 0.29) is 25.0 Å². The lowest BCUT2D eigenvalue weighted by Crippen LogP contribution is -2.55. The van der Waals surface area contributed by atoms with Crippen molar-refractivity contribution in [2.24, 2.45) is 0 Å². The molecule has 0 heterocycles. The maximum absolute atomic E-state index is 13.7. The number of nitrogens with zero attached hydrogens (tertiary/aromatic N) is 1. The summed E-state index contributed by atoms with van der Waals surface area (Å²) in [7, 11) is 0. The molecule has 0 spiro atoms. The molecule has 0 fully saturated rings. The molecule has 2 amide bonds. The number of ether oxygens (including phenoxy) is 1. The van der Waals surface area contributed by atoms with Gasteiger partial charge in [0.25, 0.3) is 5.91 Å². The first-order valence-electron chi connectivity index (χ1n) is 11.8. The van der Waals surface area contributed by atoms with Crippen molar-refractivity contribution in [2.45, 2.75) is 52.2 Å². The number of amides is 2. The molecule has 0 saturated carbocycles. The number of aryl methyl sites for hydroxylation is 1. The summed E-state index contributed by atoms with van der Waals surface area (Å²) in [4.78, 5) is 28.8. The summed E-state index contributed by atoms with van der Waals surface area (Å²) in [6.07, 6.45) is 0.320. The number of carbonyl (C=O) groups is 2. The number of para-hydroxylation sites is 1. The molecule has 0 radical (unpaired) electrons. The molecule has 0 aliphatic rings. The van der Waals surface area contributed by atoms with Crippen molar-refractivity contribution in [1.29, 1.82) is 0 Å². The second kappa shape index (κ2) is 12.3. The first-order valence-corrected chi connectivity index (χ1v) is 12.6. The lowest BCUT2D eigenvalue weighted by molar-refractivity contribution is -0.143. The largest absolute Gasteiger partial charge is 0.484 e. The van der Waals surface area contributed by atoms with Gasteiger partial charge in [0.15, 0.2) is 6.61 Å². The summed E-state index contributed by atoms with van der Waals surface area (Å²) < 4.78 is 5.87. The molecule has 0 bridgehead atoms. The summed E-state index contributed by atoms with van der Waals surface area (Å²) in [5, 5.41) is 3.88. The van der Waals surface area contributed by atoms with Gasteiger partial charge in [0.1, 0.15) is 11.8 Å². The van der Waals surface area contributed by atoms with Crippen molar-refractivity contribution in [2.75, 3.05) is 6.61 Å². The Kier molecular flexibility index (Phi) is 9.41. The molecular formula is C29H32Cl2N2O3. The fourth-order valence-corrected chi connectivity index (χ4v) is 4.32. The average molecular weight is 527 g/mol. The monoisotopic (exact) mass is 526 g/mol. The highest BCUT2D eigenvalue weighted by Gasteiger charge is 2.33. The van der Waals surface area contributed by atoms with Crippen molar-refractivity contribution >= 4 is 35.0 Å². The SMILES string of the molecule is Cc1ccccc1OCC(=O)N(Cc1c(Cl)cccc1Cl)[C@H](Cc1ccccc1)C(=O)NC(C)(C)C. The zero-order chi connectivity index (χ0) is 26.3. The van der Waals surface area contributed by atoms with E-state index >= 15 is 0 Å². The van der Waals surface area contributed by atoms with Crippen molar-refractivity contribution in [1.82, 2.24) is 10.2 Å². The Morgan fingerprint density at radius 1 is 0.917 bits per heavy atom. The topological polar surface area (TPSA) is 58.6 Å². The van der Waals surface area contributed by atoms with Crippen LogP contribution in [0.3, 0.4) is 0 Å². The van der Waals surface area contributed by atoms with Crippen LogP contribution >= 0.6 is 23.2 Å². The van der Waals surface area contributed by atoms with Gasteiger partial charge >= 0.3 is 0 Å². The maximum atomic E-state index is 13.7. The number of hydrogen-bond acceptors (Lipinski definition) is 3. The Balaban J connectivity index is 1.99. The van der Waals surface area contributed by atoms with E-state index in [9.17, 15) is 9.59 Å². The van der Waals surface area contributed by atoms with Gasteiger partial charge in [-0.3, -0.25) is 9.59 Å². The van der Waals surface area contributed by atoms with E-state index < -0.39 is 11.6 Å². The molecule has 3 aromatic carbocycles. The van der Waals surface area contributed by atoms with Gasteiger partial charge in [-0.05, 0) is 57.0 Å². The predicted octanol–water partition coefficient (Wildman–Crippen LogP) is 6.24.